The van der Waals surface area contributed by atoms with Crippen molar-refractivity contribution < 1.29 is 0 Å². The number of hydrogen-bond donors (Lipinski definition) is 1. The Bertz CT molecular complexity index is 553. The van der Waals surface area contributed by atoms with E-state index in [0.717, 1.165) is 11.8 Å². The summed E-state index contributed by atoms with van der Waals surface area (Å²) >= 11 is 7.01. The predicted molar refractivity (Wildman–Crippen MR) is 124 cm³/mol. The molecule has 1 heterocycles. The second-order valence-electron chi connectivity index (χ2n) is 7.40. The first-order valence-corrected chi connectivity index (χ1v) is 11.2. The molecule has 1 aromatic heterocycles. The van der Waals surface area contributed by atoms with Crippen LogP contribution in [0.2, 0.25) is 0 Å². The van der Waals surface area contributed by atoms with Crippen LogP contribution < -0.4 is 5.32 Å². The van der Waals surface area contributed by atoms with Gasteiger partial charge in [0.2, 0.25) is 0 Å². The van der Waals surface area contributed by atoms with Gasteiger partial charge in [-0.15, -0.1) is 31.1 Å². The quantitative estimate of drug-likeness (QED) is 0.466. The maximum absolute atomic E-state index is 5.03. The Labute approximate surface area is 171 Å². The molecule has 0 aliphatic heterocycles. The molecule has 2 saturated carbocycles. The largest absolute Gasteiger partial charge is 0.319 e. The fraction of sp³-hybridized carbons (Fsp3) is 0.609. The zero-order valence-electron chi connectivity index (χ0n) is 17.0. The Hall–Kier alpha value is -0.770. The summed E-state index contributed by atoms with van der Waals surface area (Å²) in [6.07, 6.45) is 11.4. The SMILES string of the molecule is C=C.C=CC1CC1.CNCC1CC1.Cc1sc2c(c1C)CC(C=S)CC2. The molecular formula is C23H37NS2. The van der Waals surface area contributed by atoms with E-state index in [1.54, 1.807) is 10.4 Å². The van der Waals surface area contributed by atoms with E-state index in [2.05, 4.69) is 38.9 Å². The van der Waals surface area contributed by atoms with Crippen molar-refractivity contribution in [3.8, 4) is 0 Å². The van der Waals surface area contributed by atoms with Gasteiger partial charge in [-0.05, 0) is 107 Å². The molecule has 0 spiro atoms. The van der Waals surface area contributed by atoms with E-state index in [-0.39, 0.29) is 0 Å². The van der Waals surface area contributed by atoms with Gasteiger partial charge in [0.05, 0.1) is 0 Å². The lowest BCUT2D eigenvalue weighted by atomic mass is 9.88. The molecule has 1 aromatic rings. The van der Waals surface area contributed by atoms with Gasteiger partial charge in [0.1, 0.15) is 0 Å². The van der Waals surface area contributed by atoms with Gasteiger partial charge in [0.25, 0.3) is 0 Å². The van der Waals surface area contributed by atoms with E-state index < -0.39 is 0 Å². The van der Waals surface area contributed by atoms with Gasteiger partial charge in [-0.25, -0.2) is 0 Å². The third-order valence-electron chi connectivity index (χ3n) is 5.14. The standard InChI is InChI=1S/C11H14S2.C5H11N.C5H8.C2H4/c1-7-8(2)13-11-4-3-9(6-12)5-10(7)11;1-6-4-5-2-3-5;1-2-5-3-4-5;1-2/h6,9H,3-5H2,1-2H3;5-6H,2-4H2,1H3;2,5H,1,3-4H2;1-2H2. The summed E-state index contributed by atoms with van der Waals surface area (Å²) in [6, 6.07) is 0. The minimum atomic E-state index is 0.648. The molecule has 3 aliphatic carbocycles. The van der Waals surface area contributed by atoms with E-state index in [4.69, 9.17) is 12.2 Å². The van der Waals surface area contributed by atoms with Crippen LogP contribution >= 0.6 is 23.6 Å². The normalized spacial score (nSPS) is 20.0. The van der Waals surface area contributed by atoms with Crippen molar-refractivity contribution in [1.29, 1.82) is 0 Å². The van der Waals surface area contributed by atoms with Crippen molar-refractivity contribution in [2.45, 2.75) is 58.8 Å². The molecular weight excluding hydrogens is 354 g/mol. The van der Waals surface area contributed by atoms with Gasteiger partial charge in [0, 0.05) is 9.75 Å². The number of aryl methyl sites for hydroxylation is 2. The average Bonchev–Trinajstić information content (AvgIpc) is 3.59. The monoisotopic (exact) mass is 391 g/mol. The third-order valence-corrected chi connectivity index (χ3v) is 6.83. The second-order valence-corrected chi connectivity index (χ2v) is 8.98. The van der Waals surface area contributed by atoms with Crippen molar-refractivity contribution >= 4 is 28.9 Å². The summed E-state index contributed by atoms with van der Waals surface area (Å²) in [4.78, 5) is 3.11. The molecule has 0 aromatic carbocycles. The van der Waals surface area contributed by atoms with E-state index in [1.165, 1.54) is 61.9 Å². The van der Waals surface area contributed by atoms with Crippen molar-refractivity contribution in [1.82, 2.24) is 5.32 Å². The number of nitrogens with one attached hydrogen (secondary N) is 1. The molecule has 26 heavy (non-hydrogen) atoms. The smallest absolute Gasteiger partial charge is 0.00832 e. The van der Waals surface area contributed by atoms with E-state index in [1.807, 2.05) is 29.8 Å². The molecule has 1 atom stereocenters. The van der Waals surface area contributed by atoms with Crippen molar-refractivity contribution in [2.24, 2.45) is 17.8 Å². The highest BCUT2D eigenvalue weighted by molar-refractivity contribution is 7.79. The van der Waals surface area contributed by atoms with Crippen LogP contribution in [0.15, 0.2) is 25.8 Å². The molecule has 2 fully saturated rings. The molecule has 146 valence electrons. The average molecular weight is 392 g/mol. The van der Waals surface area contributed by atoms with Crippen LogP contribution in [0.3, 0.4) is 0 Å². The fourth-order valence-corrected chi connectivity index (χ4v) is 4.41. The number of fused-ring (bicyclic) bond motifs is 1. The zero-order chi connectivity index (χ0) is 19.5. The number of hydrogen-bond acceptors (Lipinski definition) is 3. The summed E-state index contributed by atoms with van der Waals surface area (Å²) in [5, 5.41) is 5.08. The molecule has 3 aliphatic rings. The molecule has 0 amide bonds. The van der Waals surface area contributed by atoms with Crippen LogP contribution in [0.1, 0.15) is 53.0 Å². The molecule has 1 unspecified atom stereocenters. The van der Waals surface area contributed by atoms with Gasteiger partial charge in [0.15, 0.2) is 0 Å². The van der Waals surface area contributed by atoms with E-state index in [0.29, 0.717) is 5.92 Å². The number of allylic oxidation sites excluding steroid dienone is 1. The topological polar surface area (TPSA) is 12.0 Å². The lowest BCUT2D eigenvalue weighted by Gasteiger charge is -2.18. The van der Waals surface area contributed by atoms with Crippen LogP contribution in [-0.4, -0.2) is 19.0 Å². The number of rotatable bonds is 4. The van der Waals surface area contributed by atoms with Crippen LogP contribution in [-0.2, 0) is 12.8 Å². The van der Waals surface area contributed by atoms with Crippen molar-refractivity contribution in [3.63, 3.8) is 0 Å². The highest BCUT2D eigenvalue weighted by Gasteiger charge is 2.21. The van der Waals surface area contributed by atoms with Crippen LogP contribution in [0.5, 0.6) is 0 Å². The summed E-state index contributed by atoms with van der Waals surface area (Å²) in [6.45, 7) is 15.3. The van der Waals surface area contributed by atoms with E-state index >= 15 is 0 Å². The Morgan fingerprint density at radius 3 is 2.15 bits per heavy atom. The third kappa shape index (κ3) is 8.28. The first-order valence-electron chi connectivity index (χ1n) is 9.89. The highest BCUT2D eigenvalue weighted by Crippen LogP contribution is 2.35. The maximum atomic E-state index is 5.03. The van der Waals surface area contributed by atoms with Gasteiger partial charge in [-0.1, -0.05) is 18.3 Å². The van der Waals surface area contributed by atoms with Gasteiger partial charge in [-0.2, -0.15) is 0 Å². The Kier molecular flexibility index (Phi) is 11.3. The van der Waals surface area contributed by atoms with Gasteiger partial charge >= 0.3 is 0 Å². The Morgan fingerprint density at radius 2 is 1.77 bits per heavy atom. The molecule has 0 radical (unpaired) electrons. The van der Waals surface area contributed by atoms with Gasteiger partial charge < -0.3 is 5.32 Å². The first-order chi connectivity index (χ1) is 12.6. The maximum Gasteiger partial charge on any atom is 0.00832 e. The molecule has 1 nitrogen and oxygen atoms in total. The second kappa shape index (κ2) is 12.6. The van der Waals surface area contributed by atoms with Crippen LogP contribution in [0.25, 0.3) is 0 Å². The lowest BCUT2D eigenvalue weighted by molar-refractivity contribution is 0.604. The predicted octanol–water partition coefficient (Wildman–Crippen LogP) is 6.47. The Balaban J connectivity index is 0.000000215. The number of thiophene rings is 1. The summed E-state index contributed by atoms with van der Waals surface area (Å²) < 4.78 is 0. The van der Waals surface area contributed by atoms with Crippen molar-refractivity contribution in [3.05, 3.63) is 46.7 Å². The Morgan fingerprint density at radius 1 is 1.12 bits per heavy atom. The minimum absolute atomic E-state index is 0.648. The first kappa shape index (κ1) is 23.3. The fourth-order valence-electron chi connectivity index (χ4n) is 2.95. The molecule has 0 bridgehead atoms. The summed E-state index contributed by atoms with van der Waals surface area (Å²) in [7, 11) is 2.01. The number of thiocarbonyl (C=S) groups is 1. The van der Waals surface area contributed by atoms with Crippen LogP contribution in [0, 0.1) is 31.6 Å². The van der Waals surface area contributed by atoms with E-state index in [9.17, 15) is 0 Å². The van der Waals surface area contributed by atoms with Gasteiger partial charge in [-0.3, -0.25) is 0 Å². The van der Waals surface area contributed by atoms with Crippen molar-refractivity contribution in [2.75, 3.05) is 13.6 Å². The lowest BCUT2D eigenvalue weighted by Crippen LogP contribution is -2.13. The minimum Gasteiger partial charge on any atom is -0.319 e. The highest BCUT2D eigenvalue weighted by atomic mass is 32.1. The molecule has 3 heteroatoms. The van der Waals surface area contributed by atoms with Crippen LogP contribution in [0.4, 0.5) is 0 Å². The molecule has 1 N–H and O–H groups in total. The summed E-state index contributed by atoms with van der Waals surface area (Å²) in [5.41, 5.74) is 3.11. The molecule has 0 saturated heterocycles. The summed E-state index contributed by atoms with van der Waals surface area (Å²) in [5.74, 6) is 2.58. The molecule has 4 rings (SSSR count). The zero-order valence-corrected chi connectivity index (χ0v) is 18.6.